The molecule has 0 atom stereocenters. The fraction of sp³-hybridized carbons (Fsp3) is 0.0500. The smallest absolute Gasteiger partial charge is 0.269 e. The first-order chi connectivity index (χ1) is 13.0. The highest BCUT2D eigenvalue weighted by Gasteiger charge is 2.22. The van der Waals surface area contributed by atoms with Gasteiger partial charge in [-0.1, -0.05) is 48.0 Å². The van der Waals surface area contributed by atoms with Crippen LogP contribution in [-0.4, -0.2) is 24.5 Å². The van der Waals surface area contributed by atoms with E-state index in [1.165, 1.54) is 6.20 Å². The maximum absolute atomic E-state index is 12.9. The van der Waals surface area contributed by atoms with E-state index in [1.807, 2.05) is 24.3 Å². The van der Waals surface area contributed by atoms with Crippen molar-refractivity contribution in [2.75, 3.05) is 7.11 Å². The van der Waals surface area contributed by atoms with E-state index in [1.54, 1.807) is 49.7 Å². The summed E-state index contributed by atoms with van der Waals surface area (Å²) >= 11 is 6.61. The molecule has 0 radical (unpaired) electrons. The lowest BCUT2D eigenvalue weighted by Gasteiger charge is -2.11. The standard InChI is InChI=1S/C20H15ClN2O3S/c1-26-18-10-6-5-9-15(18)17-13-22-20-16(19(17)21)11-12-23(20)27(24,25)14-7-3-2-4-8-14/h2-13H,1H3. The Labute approximate surface area is 161 Å². The maximum atomic E-state index is 12.9. The summed E-state index contributed by atoms with van der Waals surface area (Å²) in [5, 5.41) is 0.978. The second-order valence-electron chi connectivity index (χ2n) is 5.85. The molecule has 7 heteroatoms. The largest absolute Gasteiger partial charge is 0.496 e. The number of para-hydroxylation sites is 1. The second kappa shape index (κ2) is 6.72. The summed E-state index contributed by atoms with van der Waals surface area (Å²) in [6.07, 6.45) is 3.04. The number of benzene rings is 2. The summed E-state index contributed by atoms with van der Waals surface area (Å²) in [7, 11) is -2.17. The Balaban J connectivity index is 1.91. The molecule has 0 N–H and O–H groups in total. The Hall–Kier alpha value is -2.83. The van der Waals surface area contributed by atoms with Gasteiger partial charge in [0.15, 0.2) is 5.65 Å². The topological polar surface area (TPSA) is 61.2 Å². The monoisotopic (exact) mass is 398 g/mol. The van der Waals surface area contributed by atoms with Crippen LogP contribution in [0.3, 0.4) is 0 Å². The maximum Gasteiger partial charge on any atom is 0.269 e. The van der Waals surface area contributed by atoms with Crippen molar-refractivity contribution in [2.45, 2.75) is 4.90 Å². The molecule has 0 aliphatic heterocycles. The number of hydrogen-bond acceptors (Lipinski definition) is 4. The molecule has 0 fully saturated rings. The summed E-state index contributed by atoms with van der Waals surface area (Å²) in [5.41, 5.74) is 1.75. The van der Waals surface area contributed by atoms with E-state index in [-0.39, 0.29) is 10.5 Å². The van der Waals surface area contributed by atoms with E-state index in [0.717, 1.165) is 9.54 Å². The minimum absolute atomic E-state index is 0.189. The molecule has 0 unspecified atom stereocenters. The number of methoxy groups -OCH3 is 1. The van der Waals surface area contributed by atoms with Gasteiger partial charge in [0.25, 0.3) is 10.0 Å². The minimum atomic E-state index is -3.76. The summed E-state index contributed by atoms with van der Waals surface area (Å²) in [6.45, 7) is 0. The summed E-state index contributed by atoms with van der Waals surface area (Å²) in [5.74, 6) is 0.664. The van der Waals surface area contributed by atoms with E-state index in [2.05, 4.69) is 4.98 Å². The van der Waals surface area contributed by atoms with E-state index in [4.69, 9.17) is 16.3 Å². The summed E-state index contributed by atoms with van der Waals surface area (Å²) in [4.78, 5) is 4.58. The molecule has 2 aromatic carbocycles. The quantitative estimate of drug-likeness (QED) is 0.504. The number of nitrogens with zero attached hydrogens (tertiary/aromatic N) is 2. The van der Waals surface area contributed by atoms with Crippen molar-refractivity contribution in [3.05, 3.63) is 78.1 Å². The van der Waals surface area contributed by atoms with Crippen LogP contribution >= 0.6 is 11.6 Å². The van der Waals surface area contributed by atoms with Crippen LogP contribution in [0.15, 0.2) is 78.0 Å². The van der Waals surface area contributed by atoms with Crippen molar-refractivity contribution in [1.29, 1.82) is 0 Å². The molecule has 0 aliphatic rings. The number of halogens is 1. The van der Waals surface area contributed by atoms with Crippen molar-refractivity contribution >= 4 is 32.7 Å². The van der Waals surface area contributed by atoms with Gasteiger partial charge in [0.2, 0.25) is 0 Å². The van der Waals surface area contributed by atoms with Gasteiger partial charge < -0.3 is 4.74 Å². The van der Waals surface area contributed by atoms with Gasteiger partial charge in [-0.25, -0.2) is 17.4 Å². The molecule has 2 heterocycles. The number of hydrogen-bond donors (Lipinski definition) is 0. The molecule has 4 aromatic rings. The van der Waals surface area contributed by atoms with Gasteiger partial charge in [-0.05, 0) is 24.3 Å². The Bertz CT molecular complexity index is 1230. The molecule has 27 heavy (non-hydrogen) atoms. The van der Waals surface area contributed by atoms with E-state index >= 15 is 0 Å². The zero-order valence-electron chi connectivity index (χ0n) is 14.3. The Morgan fingerprint density at radius 1 is 0.963 bits per heavy atom. The molecule has 0 spiro atoms. The first-order valence-corrected chi connectivity index (χ1v) is 9.95. The van der Waals surface area contributed by atoms with Gasteiger partial charge in [0.05, 0.1) is 17.0 Å². The number of aromatic nitrogens is 2. The summed E-state index contributed by atoms with van der Waals surface area (Å²) in [6, 6.07) is 17.3. The average molecular weight is 399 g/mol. The second-order valence-corrected chi connectivity index (χ2v) is 8.05. The van der Waals surface area contributed by atoms with Gasteiger partial charge in [-0.15, -0.1) is 0 Å². The predicted octanol–water partition coefficient (Wildman–Crippen LogP) is 4.60. The zero-order chi connectivity index (χ0) is 19.0. The van der Waals surface area contributed by atoms with Crippen LogP contribution in [0, 0.1) is 0 Å². The van der Waals surface area contributed by atoms with Crippen LogP contribution in [0.4, 0.5) is 0 Å². The van der Waals surface area contributed by atoms with Crippen LogP contribution in [0.25, 0.3) is 22.2 Å². The highest BCUT2D eigenvalue weighted by Crippen LogP contribution is 2.38. The molecule has 0 bridgehead atoms. The highest BCUT2D eigenvalue weighted by atomic mass is 35.5. The Morgan fingerprint density at radius 3 is 2.41 bits per heavy atom. The molecule has 136 valence electrons. The van der Waals surface area contributed by atoms with Crippen LogP contribution in [0.1, 0.15) is 0 Å². The zero-order valence-corrected chi connectivity index (χ0v) is 15.9. The van der Waals surface area contributed by atoms with Crippen molar-refractivity contribution in [1.82, 2.24) is 8.96 Å². The fourth-order valence-electron chi connectivity index (χ4n) is 2.99. The Kier molecular flexibility index (Phi) is 4.37. The van der Waals surface area contributed by atoms with Gasteiger partial charge in [0.1, 0.15) is 5.75 Å². The lowest BCUT2D eigenvalue weighted by molar-refractivity contribution is 0.416. The minimum Gasteiger partial charge on any atom is -0.496 e. The third-order valence-corrected chi connectivity index (χ3v) is 6.40. The van der Waals surface area contributed by atoms with Crippen molar-refractivity contribution in [2.24, 2.45) is 0 Å². The van der Waals surface area contributed by atoms with Gasteiger partial charge in [-0.2, -0.15) is 0 Å². The third kappa shape index (κ3) is 2.87. The third-order valence-electron chi connectivity index (χ3n) is 4.31. The SMILES string of the molecule is COc1ccccc1-c1cnc2c(ccn2S(=O)(=O)c2ccccc2)c1Cl. The van der Waals surface area contributed by atoms with Gasteiger partial charge in [-0.3, -0.25) is 0 Å². The lowest BCUT2D eigenvalue weighted by atomic mass is 10.1. The van der Waals surface area contributed by atoms with E-state index in [0.29, 0.717) is 21.7 Å². The molecule has 4 rings (SSSR count). The van der Waals surface area contributed by atoms with E-state index < -0.39 is 10.0 Å². The molecule has 0 amide bonds. The van der Waals surface area contributed by atoms with E-state index in [9.17, 15) is 8.42 Å². The fourth-order valence-corrected chi connectivity index (χ4v) is 4.61. The van der Waals surface area contributed by atoms with Crippen LogP contribution < -0.4 is 4.74 Å². The number of rotatable bonds is 4. The molecule has 2 aromatic heterocycles. The Morgan fingerprint density at radius 2 is 1.67 bits per heavy atom. The van der Waals surface area contributed by atoms with Crippen molar-refractivity contribution in [3.8, 4) is 16.9 Å². The summed E-state index contributed by atoms with van der Waals surface area (Å²) < 4.78 is 32.4. The molecule has 5 nitrogen and oxygen atoms in total. The first kappa shape index (κ1) is 17.6. The number of ether oxygens (including phenoxy) is 1. The van der Waals surface area contributed by atoms with Gasteiger partial charge >= 0.3 is 0 Å². The van der Waals surface area contributed by atoms with Crippen LogP contribution in [-0.2, 0) is 10.0 Å². The lowest BCUT2D eigenvalue weighted by Crippen LogP contribution is -2.12. The van der Waals surface area contributed by atoms with Crippen LogP contribution in [0.2, 0.25) is 5.02 Å². The molecule has 0 aliphatic carbocycles. The molecule has 0 saturated heterocycles. The number of pyridine rings is 1. The predicted molar refractivity (Wildman–Crippen MR) is 106 cm³/mol. The van der Waals surface area contributed by atoms with Crippen LogP contribution in [0.5, 0.6) is 5.75 Å². The molecule has 0 saturated carbocycles. The average Bonchev–Trinajstić information content (AvgIpc) is 3.15. The van der Waals surface area contributed by atoms with Crippen molar-refractivity contribution < 1.29 is 13.2 Å². The normalized spacial score (nSPS) is 11.6. The molecular weight excluding hydrogens is 384 g/mol. The molecular formula is C20H15ClN2O3S. The first-order valence-electron chi connectivity index (χ1n) is 8.13. The highest BCUT2D eigenvalue weighted by molar-refractivity contribution is 7.90. The van der Waals surface area contributed by atoms with Crippen molar-refractivity contribution in [3.63, 3.8) is 0 Å². The number of fused-ring (bicyclic) bond motifs is 1. The van der Waals surface area contributed by atoms with Gasteiger partial charge in [0, 0.05) is 28.9 Å².